The van der Waals surface area contributed by atoms with Crippen LogP contribution < -0.4 is 4.74 Å². The first-order valence-electron chi connectivity index (χ1n) is 8.08. The molecule has 1 aliphatic rings. The molecule has 4 nitrogen and oxygen atoms in total. The Kier molecular flexibility index (Phi) is 5.84. The highest BCUT2D eigenvalue weighted by Crippen LogP contribution is 2.27. The van der Waals surface area contributed by atoms with Gasteiger partial charge in [-0.05, 0) is 29.5 Å². The van der Waals surface area contributed by atoms with Gasteiger partial charge in [0.2, 0.25) is 0 Å². The molecule has 1 fully saturated rings. The van der Waals surface area contributed by atoms with Crippen LogP contribution in [0, 0.1) is 6.92 Å². The van der Waals surface area contributed by atoms with Crippen molar-refractivity contribution in [2.45, 2.75) is 39.2 Å². The monoisotopic (exact) mass is 307 g/mol. The summed E-state index contributed by atoms with van der Waals surface area (Å²) in [5, 5.41) is 10.1. The van der Waals surface area contributed by atoms with Crippen LogP contribution in [-0.4, -0.2) is 55.6 Å². The number of rotatable bonds is 5. The minimum absolute atomic E-state index is 0.138. The van der Waals surface area contributed by atoms with Gasteiger partial charge in [0.05, 0.1) is 13.2 Å². The normalized spacial score (nSPS) is 18.2. The average Bonchev–Trinajstić information content (AvgIpc) is 2.46. The molecule has 0 spiro atoms. The van der Waals surface area contributed by atoms with E-state index in [0.29, 0.717) is 13.2 Å². The summed E-state index contributed by atoms with van der Waals surface area (Å²) in [6, 6.07) is 6.29. The van der Waals surface area contributed by atoms with Gasteiger partial charge in [-0.15, -0.1) is 0 Å². The van der Waals surface area contributed by atoms with Gasteiger partial charge in [-0.25, -0.2) is 0 Å². The van der Waals surface area contributed by atoms with Gasteiger partial charge in [0, 0.05) is 19.6 Å². The van der Waals surface area contributed by atoms with Gasteiger partial charge in [0.1, 0.15) is 18.5 Å². The van der Waals surface area contributed by atoms with Gasteiger partial charge in [-0.1, -0.05) is 32.9 Å². The third-order valence-electron chi connectivity index (χ3n) is 4.04. The quantitative estimate of drug-likeness (QED) is 0.907. The smallest absolute Gasteiger partial charge is 0.122 e. The fourth-order valence-electron chi connectivity index (χ4n) is 2.60. The van der Waals surface area contributed by atoms with Crippen molar-refractivity contribution >= 4 is 0 Å². The van der Waals surface area contributed by atoms with Crippen LogP contribution in [-0.2, 0) is 10.2 Å². The van der Waals surface area contributed by atoms with Gasteiger partial charge in [-0.2, -0.15) is 0 Å². The van der Waals surface area contributed by atoms with Gasteiger partial charge in [-0.3, -0.25) is 4.90 Å². The molecule has 0 aromatic heterocycles. The molecule has 1 aromatic rings. The topological polar surface area (TPSA) is 41.9 Å². The fraction of sp³-hybridized carbons (Fsp3) is 0.667. The molecule has 0 aliphatic carbocycles. The van der Waals surface area contributed by atoms with Crippen LogP contribution in [0.25, 0.3) is 0 Å². The zero-order valence-corrected chi connectivity index (χ0v) is 14.3. The summed E-state index contributed by atoms with van der Waals surface area (Å²) in [4.78, 5) is 2.22. The summed E-state index contributed by atoms with van der Waals surface area (Å²) in [6.07, 6.45) is -0.472. The molecule has 0 saturated carbocycles. The highest BCUT2D eigenvalue weighted by atomic mass is 16.5. The largest absolute Gasteiger partial charge is 0.491 e. The van der Waals surface area contributed by atoms with Crippen LogP contribution in [0.15, 0.2) is 18.2 Å². The zero-order chi connectivity index (χ0) is 16.2. The first-order chi connectivity index (χ1) is 10.4. The van der Waals surface area contributed by atoms with Crippen molar-refractivity contribution in [2.75, 3.05) is 39.5 Å². The van der Waals surface area contributed by atoms with Crippen molar-refractivity contribution in [1.29, 1.82) is 0 Å². The lowest BCUT2D eigenvalue weighted by atomic mass is 9.86. The maximum absolute atomic E-state index is 10.1. The molecule has 0 bridgehead atoms. The lowest BCUT2D eigenvalue weighted by Gasteiger charge is -2.28. The number of hydrogen-bond donors (Lipinski definition) is 1. The Hall–Kier alpha value is -1.10. The molecule has 22 heavy (non-hydrogen) atoms. The zero-order valence-electron chi connectivity index (χ0n) is 14.3. The van der Waals surface area contributed by atoms with Crippen LogP contribution in [0.1, 0.15) is 31.9 Å². The number of β-amino-alcohol motifs (C(OH)–C–C–N with tert-alkyl or cyclic N) is 1. The molecule has 1 N–H and O–H groups in total. The molecule has 2 rings (SSSR count). The highest BCUT2D eigenvalue weighted by molar-refractivity contribution is 5.38. The van der Waals surface area contributed by atoms with E-state index >= 15 is 0 Å². The Morgan fingerprint density at radius 1 is 1.27 bits per heavy atom. The molecule has 0 radical (unpaired) electrons. The predicted octanol–water partition coefficient (Wildman–Crippen LogP) is 2.36. The SMILES string of the molecule is Cc1cc(C(C)(C)C)ccc1OC[C@@H](O)CN1CCOCC1. The molecule has 4 heteroatoms. The second-order valence-electron chi connectivity index (χ2n) is 7.11. The summed E-state index contributed by atoms with van der Waals surface area (Å²) in [5.74, 6) is 0.856. The van der Waals surface area contributed by atoms with E-state index in [-0.39, 0.29) is 5.41 Å². The van der Waals surface area contributed by atoms with Crippen LogP contribution in [0.3, 0.4) is 0 Å². The Balaban J connectivity index is 1.85. The molecular formula is C18H29NO3. The molecule has 0 unspecified atom stereocenters. The van der Waals surface area contributed by atoms with Crippen molar-refractivity contribution in [3.05, 3.63) is 29.3 Å². The van der Waals surface area contributed by atoms with Crippen LogP contribution in [0.2, 0.25) is 0 Å². The first-order valence-corrected chi connectivity index (χ1v) is 8.08. The van der Waals surface area contributed by atoms with Gasteiger partial charge in [0.25, 0.3) is 0 Å². The molecule has 1 atom stereocenters. The standard InChI is InChI=1S/C18H29NO3/c1-14-11-15(18(2,3)4)5-6-17(14)22-13-16(20)12-19-7-9-21-10-8-19/h5-6,11,16,20H,7-10,12-13H2,1-4H3/t16-/m0/s1. The number of benzene rings is 1. The Bertz CT molecular complexity index is 476. The third-order valence-corrected chi connectivity index (χ3v) is 4.04. The third kappa shape index (κ3) is 4.97. The number of ether oxygens (including phenoxy) is 2. The Labute approximate surface area is 134 Å². The predicted molar refractivity (Wildman–Crippen MR) is 88.6 cm³/mol. The number of aliphatic hydroxyl groups excluding tert-OH is 1. The molecule has 1 heterocycles. The van der Waals surface area contributed by atoms with Crippen molar-refractivity contribution in [3.63, 3.8) is 0 Å². The van der Waals surface area contributed by atoms with E-state index in [1.807, 2.05) is 6.07 Å². The Morgan fingerprint density at radius 2 is 1.95 bits per heavy atom. The van der Waals surface area contributed by atoms with Crippen molar-refractivity contribution in [3.8, 4) is 5.75 Å². The summed E-state index contributed by atoms with van der Waals surface area (Å²) in [6.45, 7) is 12.9. The van der Waals surface area contributed by atoms with E-state index in [4.69, 9.17) is 9.47 Å². The van der Waals surface area contributed by atoms with E-state index in [1.54, 1.807) is 0 Å². The van der Waals surface area contributed by atoms with Gasteiger partial charge < -0.3 is 14.6 Å². The minimum Gasteiger partial charge on any atom is -0.491 e. The molecule has 1 aromatic carbocycles. The van der Waals surface area contributed by atoms with Crippen LogP contribution >= 0.6 is 0 Å². The number of aryl methyl sites for hydroxylation is 1. The highest BCUT2D eigenvalue weighted by Gasteiger charge is 2.17. The first kappa shape index (κ1) is 17.3. The van der Waals surface area contributed by atoms with Gasteiger partial charge in [0.15, 0.2) is 0 Å². The van der Waals surface area contributed by atoms with Crippen molar-refractivity contribution < 1.29 is 14.6 Å². The lowest BCUT2D eigenvalue weighted by Crippen LogP contribution is -2.42. The number of aliphatic hydroxyl groups is 1. The fourth-order valence-corrected chi connectivity index (χ4v) is 2.60. The summed E-state index contributed by atoms with van der Waals surface area (Å²) >= 11 is 0. The second-order valence-corrected chi connectivity index (χ2v) is 7.11. The minimum atomic E-state index is -0.472. The lowest BCUT2D eigenvalue weighted by molar-refractivity contribution is 0.00460. The summed E-state index contributed by atoms with van der Waals surface area (Å²) in [5.41, 5.74) is 2.55. The van der Waals surface area contributed by atoms with E-state index in [9.17, 15) is 5.11 Å². The van der Waals surface area contributed by atoms with Crippen LogP contribution in [0.5, 0.6) is 5.75 Å². The van der Waals surface area contributed by atoms with Crippen LogP contribution in [0.4, 0.5) is 0 Å². The van der Waals surface area contributed by atoms with E-state index in [2.05, 4.69) is 44.7 Å². The number of nitrogens with zero attached hydrogens (tertiary/aromatic N) is 1. The molecule has 124 valence electrons. The average molecular weight is 307 g/mol. The number of morpholine rings is 1. The molecular weight excluding hydrogens is 278 g/mol. The van der Waals surface area contributed by atoms with Gasteiger partial charge >= 0.3 is 0 Å². The van der Waals surface area contributed by atoms with E-state index < -0.39 is 6.10 Å². The number of hydrogen-bond acceptors (Lipinski definition) is 4. The molecule has 1 saturated heterocycles. The summed E-state index contributed by atoms with van der Waals surface area (Å²) < 4.78 is 11.1. The molecule has 0 amide bonds. The maximum atomic E-state index is 10.1. The maximum Gasteiger partial charge on any atom is 0.122 e. The molecule has 1 aliphatic heterocycles. The van der Waals surface area contributed by atoms with Crippen molar-refractivity contribution in [2.24, 2.45) is 0 Å². The van der Waals surface area contributed by atoms with Crippen molar-refractivity contribution in [1.82, 2.24) is 4.90 Å². The Morgan fingerprint density at radius 3 is 2.55 bits per heavy atom. The summed E-state index contributed by atoms with van der Waals surface area (Å²) in [7, 11) is 0. The van der Waals surface area contributed by atoms with E-state index in [1.165, 1.54) is 5.56 Å². The second kappa shape index (κ2) is 7.44. The van der Waals surface area contributed by atoms with E-state index in [0.717, 1.165) is 37.6 Å².